The molecule has 16 heavy (non-hydrogen) atoms. The minimum absolute atomic E-state index is 0.730. The Bertz CT molecular complexity index is 183. The summed E-state index contributed by atoms with van der Waals surface area (Å²) in [6.07, 6.45) is 5.12. The molecule has 2 heterocycles. The maximum absolute atomic E-state index is 5.70. The highest BCUT2D eigenvalue weighted by molar-refractivity contribution is 4.76. The van der Waals surface area contributed by atoms with Crippen molar-refractivity contribution in [2.75, 3.05) is 39.4 Å². The number of nitrogens with one attached hydrogen (secondary N) is 2. The van der Waals surface area contributed by atoms with Gasteiger partial charge in [-0.3, -0.25) is 4.90 Å². The van der Waals surface area contributed by atoms with Crippen molar-refractivity contribution in [2.24, 2.45) is 11.7 Å². The summed E-state index contributed by atoms with van der Waals surface area (Å²) in [6, 6.07) is 0.730. The van der Waals surface area contributed by atoms with Crippen LogP contribution in [0, 0.1) is 5.92 Å². The van der Waals surface area contributed by atoms with Crippen molar-refractivity contribution in [3.63, 3.8) is 0 Å². The quantitative estimate of drug-likeness (QED) is 0.629. The number of nitrogens with zero attached hydrogens (tertiary/aromatic N) is 1. The second-order valence-corrected chi connectivity index (χ2v) is 5.18. The van der Waals surface area contributed by atoms with Crippen molar-refractivity contribution in [3.8, 4) is 0 Å². The molecule has 4 N–H and O–H groups in total. The number of hydrogen-bond donors (Lipinski definition) is 3. The molecule has 0 saturated carbocycles. The first-order valence-electron chi connectivity index (χ1n) is 6.75. The van der Waals surface area contributed by atoms with E-state index in [4.69, 9.17) is 5.73 Å². The molecule has 0 aromatic carbocycles. The van der Waals surface area contributed by atoms with Gasteiger partial charge in [0.15, 0.2) is 0 Å². The van der Waals surface area contributed by atoms with E-state index in [0.29, 0.717) is 0 Å². The smallest absolute Gasteiger partial charge is 0.0482 e. The number of rotatable bonds is 4. The Balaban J connectivity index is 1.59. The van der Waals surface area contributed by atoms with Gasteiger partial charge in [0.25, 0.3) is 0 Å². The highest BCUT2D eigenvalue weighted by atomic mass is 15.2. The van der Waals surface area contributed by atoms with Crippen LogP contribution in [-0.4, -0.2) is 50.3 Å². The summed E-state index contributed by atoms with van der Waals surface area (Å²) in [5.41, 5.74) is 5.70. The summed E-state index contributed by atoms with van der Waals surface area (Å²) < 4.78 is 0. The minimum Gasteiger partial charge on any atom is -0.330 e. The molecule has 4 heteroatoms. The number of likely N-dealkylation sites (tertiary alicyclic amines) is 1. The van der Waals surface area contributed by atoms with Crippen molar-refractivity contribution >= 4 is 0 Å². The van der Waals surface area contributed by atoms with Gasteiger partial charge in [-0.2, -0.15) is 0 Å². The van der Waals surface area contributed by atoms with E-state index in [-0.39, 0.29) is 0 Å². The lowest BCUT2D eigenvalue weighted by Gasteiger charge is -2.33. The molecule has 2 saturated heterocycles. The first-order valence-corrected chi connectivity index (χ1v) is 6.75. The maximum Gasteiger partial charge on any atom is 0.0482 e. The third-order valence-electron chi connectivity index (χ3n) is 3.98. The fourth-order valence-corrected chi connectivity index (χ4v) is 2.66. The zero-order valence-electron chi connectivity index (χ0n) is 10.3. The minimum atomic E-state index is 0.730. The molecule has 0 aliphatic carbocycles. The summed E-state index contributed by atoms with van der Waals surface area (Å²) in [5, 5.41) is 7.08. The summed E-state index contributed by atoms with van der Waals surface area (Å²) in [4.78, 5) is 2.54. The molecule has 0 bridgehead atoms. The Hall–Kier alpha value is -0.160. The van der Waals surface area contributed by atoms with Crippen LogP contribution in [0.2, 0.25) is 0 Å². The van der Waals surface area contributed by atoms with Crippen molar-refractivity contribution < 1.29 is 0 Å². The van der Waals surface area contributed by atoms with E-state index in [1.807, 2.05) is 0 Å². The molecule has 0 atom stereocenters. The molecule has 2 rings (SSSR count). The van der Waals surface area contributed by atoms with E-state index >= 15 is 0 Å². The summed E-state index contributed by atoms with van der Waals surface area (Å²) in [7, 11) is 0. The SMILES string of the molecule is NCC1CCN(CNC2CCNCC2)CC1. The van der Waals surface area contributed by atoms with Crippen LogP contribution in [0.15, 0.2) is 0 Å². The lowest BCUT2D eigenvalue weighted by atomic mass is 9.97. The summed E-state index contributed by atoms with van der Waals surface area (Å²) in [5.74, 6) is 0.773. The van der Waals surface area contributed by atoms with Crippen LogP contribution in [0.3, 0.4) is 0 Å². The highest BCUT2D eigenvalue weighted by Crippen LogP contribution is 2.15. The predicted molar refractivity (Wildman–Crippen MR) is 67.2 cm³/mol. The predicted octanol–water partition coefficient (Wildman–Crippen LogP) is -0.0438. The maximum atomic E-state index is 5.70. The van der Waals surface area contributed by atoms with Gasteiger partial charge in [0, 0.05) is 12.7 Å². The normalized spacial score (nSPS) is 26.1. The third-order valence-corrected chi connectivity index (χ3v) is 3.98. The van der Waals surface area contributed by atoms with Crippen LogP contribution in [0.4, 0.5) is 0 Å². The van der Waals surface area contributed by atoms with E-state index in [1.165, 1.54) is 51.9 Å². The average Bonchev–Trinajstić information content (AvgIpc) is 2.38. The number of nitrogens with two attached hydrogens (primary N) is 1. The Kier molecular flexibility index (Phi) is 5.03. The van der Waals surface area contributed by atoms with Crippen LogP contribution < -0.4 is 16.4 Å². The number of hydrogen-bond acceptors (Lipinski definition) is 4. The molecule has 2 fully saturated rings. The fraction of sp³-hybridized carbons (Fsp3) is 1.00. The van der Waals surface area contributed by atoms with Gasteiger partial charge in [-0.15, -0.1) is 0 Å². The zero-order valence-corrected chi connectivity index (χ0v) is 10.3. The van der Waals surface area contributed by atoms with Gasteiger partial charge in [0.2, 0.25) is 0 Å². The highest BCUT2D eigenvalue weighted by Gasteiger charge is 2.19. The lowest BCUT2D eigenvalue weighted by molar-refractivity contribution is 0.164. The second-order valence-electron chi connectivity index (χ2n) is 5.18. The van der Waals surface area contributed by atoms with Gasteiger partial charge in [0.1, 0.15) is 0 Å². The molecule has 4 nitrogen and oxygen atoms in total. The largest absolute Gasteiger partial charge is 0.330 e. The standard InChI is InChI=1S/C12H26N4/c13-9-11-3-7-16(8-4-11)10-15-12-1-5-14-6-2-12/h11-12,14-15H,1-10,13H2. The zero-order chi connectivity index (χ0) is 11.2. The topological polar surface area (TPSA) is 53.3 Å². The van der Waals surface area contributed by atoms with Gasteiger partial charge in [0.05, 0.1) is 0 Å². The van der Waals surface area contributed by atoms with Crippen molar-refractivity contribution in [1.82, 2.24) is 15.5 Å². The molecular weight excluding hydrogens is 200 g/mol. The van der Waals surface area contributed by atoms with Gasteiger partial charge in [-0.1, -0.05) is 0 Å². The molecule has 0 spiro atoms. The first kappa shape index (κ1) is 12.3. The van der Waals surface area contributed by atoms with Gasteiger partial charge >= 0.3 is 0 Å². The molecular formula is C12H26N4. The van der Waals surface area contributed by atoms with Crippen LogP contribution >= 0.6 is 0 Å². The Labute approximate surface area is 98.9 Å². The molecule has 0 radical (unpaired) electrons. The first-order chi connectivity index (χ1) is 7.88. The Morgan fingerprint density at radius 2 is 1.81 bits per heavy atom. The molecule has 0 unspecified atom stereocenters. The molecule has 94 valence electrons. The van der Waals surface area contributed by atoms with Crippen LogP contribution in [0.1, 0.15) is 25.7 Å². The van der Waals surface area contributed by atoms with Crippen LogP contribution in [0.5, 0.6) is 0 Å². The third kappa shape index (κ3) is 3.70. The molecule has 0 aromatic heterocycles. The fourth-order valence-electron chi connectivity index (χ4n) is 2.66. The van der Waals surface area contributed by atoms with Crippen molar-refractivity contribution in [1.29, 1.82) is 0 Å². The van der Waals surface area contributed by atoms with Crippen LogP contribution in [0.25, 0.3) is 0 Å². The molecule has 0 amide bonds. The van der Waals surface area contributed by atoms with Crippen LogP contribution in [-0.2, 0) is 0 Å². The molecule has 2 aliphatic rings. The summed E-state index contributed by atoms with van der Waals surface area (Å²) in [6.45, 7) is 6.73. The second kappa shape index (κ2) is 6.55. The number of piperidine rings is 2. The monoisotopic (exact) mass is 226 g/mol. The Morgan fingerprint density at radius 1 is 1.12 bits per heavy atom. The van der Waals surface area contributed by atoms with E-state index < -0.39 is 0 Å². The average molecular weight is 226 g/mol. The summed E-state index contributed by atoms with van der Waals surface area (Å²) >= 11 is 0. The van der Waals surface area contributed by atoms with E-state index in [1.54, 1.807) is 0 Å². The van der Waals surface area contributed by atoms with Crippen molar-refractivity contribution in [3.05, 3.63) is 0 Å². The van der Waals surface area contributed by atoms with E-state index in [9.17, 15) is 0 Å². The molecule has 0 aromatic rings. The molecule has 2 aliphatic heterocycles. The van der Waals surface area contributed by atoms with E-state index in [0.717, 1.165) is 25.2 Å². The van der Waals surface area contributed by atoms with Gasteiger partial charge < -0.3 is 16.4 Å². The Morgan fingerprint density at radius 3 is 2.44 bits per heavy atom. The van der Waals surface area contributed by atoms with Gasteiger partial charge in [-0.05, 0) is 64.3 Å². The van der Waals surface area contributed by atoms with Crippen molar-refractivity contribution in [2.45, 2.75) is 31.7 Å². The van der Waals surface area contributed by atoms with Gasteiger partial charge in [-0.25, -0.2) is 0 Å². The lowest BCUT2D eigenvalue weighted by Crippen LogP contribution is -2.47. The van der Waals surface area contributed by atoms with E-state index in [2.05, 4.69) is 15.5 Å².